The number of fused-ring (bicyclic) bond motifs is 1. The van der Waals surface area contributed by atoms with E-state index in [0.717, 1.165) is 11.1 Å². The van der Waals surface area contributed by atoms with Gasteiger partial charge in [-0.1, -0.05) is 231 Å². The van der Waals surface area contributed by atoms with Crippen molar-refractivity contribution < 1.29 is 0 Å². The first-order valence-electron chi connectivity index (χ1n) is 18.5. The number of rotatable bonds is 10. The van der Waals surface area contributed by atoms with E-state index in [9.17, 15) is 0 Å². The smallest absolute Gasteiger partial charge is 0.0105 e. The van der Waals surface area contributed by atoms with Crippen molar-refractivity contribution in [1.82, 2.24) is 0 Å². The molecule has 0 saturated heterocycles. The van der Waals surface area contributed by atoms with E-state index >= 15 is 0 Å². The molecule has 0 radical (unpaired) electrons. The minimum Gasteiger partial charge on any atom is -0.0622 e. The molecule has 0 amide bonds. The lowest BCUT2D eigenvalue weighted by Gasteiger charge is -2.09. The lowest BCUT2D eigenvalue weighted by atomic mass is 9.95. The second-order valence-corrected chi connectivity index (χ2v) is 13.4. The first-order chi connectivity index (χ1) is 26.8. The summed E-state index contributed by atoms with van der Waals surface area (Å²) >= 11 is 0. The molecular weight excluding hydrogens is 649 g/mol. The molecule has 0 bridgehead atoms. The van der Waals surface area contributed by atoms with Gasteiger partial charge < -0.3 is 0 Å². The maximum absolute atomic E-state index is 2.28. The Bertz CT molecular complexity index is 2490. The van der Waals surface area contributed by atoms with Gasteiger partial charge in [0, 0.05) is 0 Å². The molecule has 0 nitrogen and oxygen atoms in total. The van der Waals surface area contributed by atoms with Crippen LogP contribution in [0.5, 0.6) is 0 Å². The van der Waals surface area contributed by atoms with Gasteiger partial charge in [-0.2, -0.15) is 0 Å². The molecule has 0 spiro atoms. The van der Waals surface area contributed by atoms with Crippen molar-refractivity contribution in [2.75, 3.05) is 0 Å². The van der Waals surface area contributed by atoms with Gasteiger partial charge in [0.25, 0.3) is 0 Å². The van der Waals surface area contributed by atoms with Crippen LogP contribution >= 0.6 is 0 Å². The Morgan fingerprint density at radius 3 is 1.09 bits per heavy atom. The highest BCUT2D eigenvalue weighted by Gasteiger charge is 2.07. The van der Waals surface area contributed by atoms with E-state index in [2.05, 4.69) is 243 Å². The van der Waals surface area contributed by atoms with Crippen LogP contribution in [0.1, 0.15) is 55.6 Å². The van der Waals surface area contributed by atoms with Gasteiger partial charge in [-0.15, -0.1) is 0 Å². The largest absolute Gasteiger partial charge is 0.0622 e. The Labute approximate surface area is 319 Å². The van der Waals surface area contributed by atoms with Crippen molar-refractivity contribution in [2.24, 2.45) is 0 Å². The van der Waals surface area contributed by atoms with E-state index in [1.807, 2.05) is 0 Å². The Morgan fingerprint density at radius 1 is 0.278 bits per heavy atom. The van der Waals surface area contributed by atoms with Crippen LogP contribution in [0.3, 0.4) is 0 Å². The van der Waals surface area contributed by atoms with Crippen molar-refractivity contribution >= 4 is 58.4 Å². The van der Waals surface area contributed by atoms with Crippen molar-refractivity contribution in [3.63, 3.8) is 0 Å². The maximum atomic E-state index is 2.28. The fourth-order valence-corrected chi connectivity index (χ4v) is 6.89. The molecule has 0 heterocycles. The summed E-state index contributed by atoms with van der Waals surface area (Å²) in [5.41, 5.74) is 14.3. The number of hydrogen-bond acceptors (Lipinski definition) is 0. The van der Waals surface area contributed by atoms with Gasteiger partial charge in [-0.05, 0) is 89.7 Å². The van der Waals surface area contributed by atoms with E-state index in [-0.39, 0.29) is 0 Å². The zero-order valence-electron chi connectivity index (χ0n) is 30.1. The topological polar surface area (TPSA) is 0 Å². The lowest BCUT2D eigenvalue weighted by molar-refractivity contribution is 1.55. The van der Waals surface area contributed by atoms with Crippen molar-refractivity contribution in [3.05, 3.63) is 262 Å². The van der Waals surface area contributed by atoms with Crippen LogP contribution in [0, 0.1) is 0 Å². The summed E-state index contributed by atoms with van der Waals surface area (Å²) in [5, 5.41) is 2.47. The number of hydrogen-bond donors (Lipinski definition) is 0. The Hall–Kier alpha value is -7.02. The Balaban J connectivity index is 1.06. The average molecular weight is 689 g/mol. The van der Waals surface area contributed by atoms with E-state index < -0.39 is 0 Å². The highest BCUT2D eigenvalue weighted by atomic mass is 14.1. The van der Waals surface area contributed by atoms with E-state index in [1.54, 1.807) is 0 Å². The Kier molecular flexibility index (Phi) is 10.4. The van der Waals surface area contributed by atoms with Crippen LogP contribution in [0.4, 0.5) is 0 Å². The third-order valence-corrected chi connectivity index (χ3v) is 9.74. The standard InChI is InChI=1S/C54H40/c1-5-15-45(16-6-1)53(46-17-7-2-8-18-46)39-43-29-25-41(26-30-43)33-35-50-37-36-49-23-13-14-24-51(49)52(50)38-34-42-27-31-44(32-28-42)40-54(47-19-9-3-10-20-47)48-21-11-4-12-22-48/h1-40H. The minimum absolute atomic E-state index is 1.16. The molecule has 8 aromatic rings. The lowest BCUT2D eigenvalue weighted by Crippen LogP contribution is -1.88. The van der Waals surface area contributed by atoms with Gasteiger partial charge in [0.05, 0.1) is 0 Å². The third-order valence-electron chi connectivity index (χ3n) is 9.74. The van der Waals surface area contributed by atoms with E-state index in [1.165, 1.54) is 66.4 Å². The van der Waals surface area contributed by atoms with Crippen LogP contribution in [0.25, 0.3) is 58.4 Å². The predicted molar refractivity (Wildman–Crippen MR) is 234 cm³/mol. The van der Waals surface area contributed by atoms with Crippen LogP contribution in [0.2, 0.25) is 0 Å². The van der Waals surface area contributed by atoms with E-state index in [4.69, 9.17) is 0 Å². The first-order valence-corrected chi connectivity index (χ1v) is 18.5. The zero-order chi connectivity index (χ0) is 36.4. The van der Waals surface area contributed by atoms with Crippen LogP contribution < -0.4 is 0 Å². The molecule has 0 aromatic heterocycles. The highest BCUT2D eigenvalue weighted by Crippen LogP contribution is 2.30. The van der Waals surface area contributed by atoms with E-state index in [0.29, 0.717) is 0 Å². The summed E-state index contributed by atoms with van der Waals surface area (Å²) in [5.74, 6) is 0. The van der Waals surface area contributed by atoms with Gasteiger partial charge in [-0.3, -0.25) is 0 Å². The van der Waals surface area contributed by atoms with Gasteiger partial charge in [-0.25, -0.2) is 0 Å². The average Bonchev–Trinajstić information content (AvgIpc) is 3.25. The van der Waals surface area contributed by atoms with Gasteiger partial charge in [0.15, 0.2) is 0 Å². The maximum Gasteiger partial charge on any atom is -0.0105 e. The van der Waals surface area contributed by atoms with Crippen molar-refractivity contribution in [2.45, 2.75) is 0 Å². The van der Waals surface area contributed by atoms with Crippen molar-refractivity contribution in [1.29, 1.82) is 0 Å². The molecule has 0 aliphatic rings. The highest BCUT2D eigenvalue weighted by molar-refractivity contribution is 5.98. The molecule has 0 atom stereocenters. The molecule has 0 unspecified atom stereocenters. The van der Waals surface area contributed by atoms with Crippen molar-refractivity contribution in [3.8, 4) is 0 Å². The van der Waals surface area contributed by atoms with Gasteiger partial charge >= 0.3 is 0 Å². The summed E-state index contributed by atoms with van der Waals surface area (Å²) in [6.45, 7) is 0. The summed E-state index contributed by atoms with van der Waals surface area (Å²) < 4.78 is 0. The van der Waals surface area contributed by atoms with Gasteiger partial charge in [0.1, 0.15) is 0 Å². The molecule has 0 heteroatoms. The molecule has 54 heavy (non-hydrogen) atoms. The van der Waals surface area contributed by atoms with Crippen LogP contribution in [-0.2, 0) is 0 Å². The second-order valence-electron chi connectivity index (χ2n) is 13.4. The van der Waals surface area contributed by atoms with Gasteiger partial charge in [0.2, 0.25) is 0 Å². The molecule has 8 aromatic carbocycles. The molecule has 0 aliphatic carbocycles. The summed E-state index contributed by atoms with van der Waals surface area (Å²) in [6, 6.07) is 73.1. The normalized spacial score (nSPS) is 11.2. The predicted octanol–water partition coefficient (Wildman–Crippen LogP) is 14.4. The second kappa shape index (κ2) is 16.5. The minimum atomic E-state index is 1.16. The summed E-state index contributed by atoms with van der Waals surface area (Å²) in [7, 11) is 0. The molecule has 256 valence electrons. The third kappa shape index (κ3) is 8.20. The molecule has 0 saturated carbocycles. The summed E-state index contributed by atoms with van der Waals surface area (Å²) in [6.07, 6.45) is 13.5. The number of benzene rings is 8. The molecule has 8 rings (SSSR count). The SMILES string of the molecule is C(=Cc1ccc2ccccc2c1C=Cc1ccc(C=C(c2ccccc2)c2ccccc2)cc1)c1ccc(C=C(c2ccccc2)c2ccccc2)cc1. The fraction of sp³-hybridized carbons (Fsp3) is 0. The molecular formula is C54H40. The zero-order valence-corrected chi connectivity index (χ0v) is 30.1. The van der Waals surface area contributed by atoms with Crippen LogP contribution in [-0.4, -0.2) is 0 Å². The fourth-order valence-electron chi connectivity index (χ4n) is 6.89. The van der Waals surface area contributed by atoms with Crippen LogP contribution in [0.15, 0.2) is 206 Å². The molecule has 0 N–H and O–H groups in total. The Morgan fingerprint density at radius 2 is 0.648 bits per heavy atom. The quantitative estimate of drug-likeness (QED) is 0.125. The molecule has 0 fully saturated rings. The summed E-state index contributed by atoms with van der Waals surface area (Å²) in [4.78, 5) is 0. The first kappa shape index (κ1) is 34.1. The monoisotopic (exact) mass is 688 g/mol. The molecule has 0 aliphatic heterocycles.